The number of rotatable bonds is 10. The number of carbonyl (C=O) groups is 2. The molecular weight excluding hydrogens is 516 g/mol. The molecule has 10 nitrogen and oxygen atoms in total. The minimum absolute atomic E-state index is 0.168. The predicted molar refractivity (Wildman–Crippen MR) is 139 cm³/mol. The van der Waals surface area contributed by atoms with Gasteiger partial charge in [-0.05, 0) is 42.5 Å². The maximum absolute atomic E-state index is 13.5. The number of halogens is 1. The van der Waals surface area contributed by atoms with Crippen LogP contribution in [0.2, 0.25) is 5.02 Å². The second-order valence-corrected chi connectivity index (χ2v) is 8.48. The van der Waals surface area contributed by atoms with Crippen LogP contribution in [0.1, 0.15) is 38.1 Å². The molecule has 0 saturated carbocycles. The molecule has 4 rings (SSSR count). The number of aromatic amines is 1. The SMILES string of the molecule is COc1cc(C(=O)c2[nH]nc3c(C(O)COC(=O)c4cccc(Cl)c4)c(OC)ccc23)cc(OC)c1OC. The predicted octanol–water partition coefficient (Wildman–Crippen LogP) is 4.37. The summed E-state index contributed by atoms with van der Waals surface area (Å²) in [6, 6.07) is 12.6. The first-order valence-corrected chi connectivity index (χ1v) is 11.7. The van der Waals surface area contributed by atoms with Gasteiger partial charge in [-0.2, -0.15) is 5.10 Å². The maximum Gasteiger partial charge on any atom is 0.338 e. The van der Waals surface area contributed by atoms with E-state index in [9.17, 15) is 14.7 Å². The van der Waals surface area contributed by atoms with Gasteiger partial charge in [-0.15, -0.1) is 0 Å². The number of aliphatic hydroxyl groups is 1. The molecule has 0 amide bonds. The lowest BCUT2D eigenvalue weighted by Crippen LogP contribution is -2.14. The molecule has 198 valence electrons. The number of aliphatic hydroxyl groups excluding tert-OH is 1. The molecule has 1 atom stereocenters. The van der Waals surface area contributed by atoms with Crippen LogP contribution in [0.3, 0.4) is 0 Å². The summed E-state index contributed by atoms with van der Waals surface area (Å²) in [4.78, 5) is 25.9. The van der Waals surface area contributed by atoms with E-state index in [2.05, 4.69) is 10.2 Å². The molecule has 2 N–H and O–H groups in total. The van der Waals surface area contributed by atoms with E-state index in [1.807, 2.05) is 0 Å². The van der Waals surface area contributed by atoms with Crippen LogP contribution in [0, 0.1) is 0 Å². The molecule has 11 heteroatoms. The Bertz CT molecular complexity index is 1470. The highest BCUT2D eigenvalue weighted by atomic mass is 35.5. The summed E-state index contributed by atoms with van der Waals surface area (Å²) in [7, 11) is 5.81. The second kappa shape index (κ2) is 11.4. The van der Waals surface area contributed by atoms with Crippen molar-refractivity contribution in [1.82, 2.24) is 10.2 Å². The number of hydrogen-bond acceptors (Lipinski definition) is 9. The number of benzene rings is 3. The average Bonchev–Trinajstić information content (AvgIpc) is 3.37. The first kappa shape index (κ1) is 26.8. The largest absolute Gasteiger partial charge is 0.496 e. The van der Waals surface area contributed by atoms with Crippen LogP contribution < -0.4 is 18.9 Å². The topological polar surface area (TPSA) is 129 Å². The Kier molecular flexibility index (Phi) is 8.04. The molecule has 0 aliphatic carbocycles. The fourth-order valence-electron chi connectivity index (χ4n) is 4.05. The Morgan fingerprint density at radius 3 is 2.21 bits per heavy atom. The summed E-state index contributed by atoms with van der Waals surface area (Å²) in [5.41, 5.74) is 1.21. The molecule has 1 aromatic heterocycles. The van der Waals surface area contributed by atoms with Gasteiger partial charge in [0.2, 0.25) is 11.5 Å². The van der Waals surface area contributed by atoms with Crippen molar-refractivity contribution in [3.8, 4) is 23.0 Å². The maximum atomic E-state index is 13.5. The average molecular weight is 541 g/mol. The third-order valence-electron chi connectivity index (χ3n) is 5.87. The van der Waals surface area contributed by atoms with Gasteiger partial charge in [0.15, 0.2) is 11.5 Å². The number of nitrogens with zero attached hydrogens (tertiary/aromatic N) is 1. The summed E-state index contributed by atoms with van der Waals surface area (Å²) in [5, 5.41) is 18.8. The van der Waals surface area contributed by atoms with Gasteiger partial charge in [-0.3, -0.25) is 9.89 Å². The van der Waals surface area contributed by atoms with Gasteiger partial charge in [0.1, 0.15) is 29.7 Å². The van der Waals surface area contributed by atoms with Crippen LogP contribution in [-0.4, -0.2) is 62.1 Å². The third-order valence-corrected chi connectivity index (χ3v) is 6.10. The van der Waals surface area contributed by atoms with Gasteiger partial charge in [0.25, 0.3) is 0 Å². The van der Waals surface area contributed by atoms with E-state index < -0.39 is 17.9 Å². The number of carbonyl (C=O) groups excluding carboxylic acids is 2. The first-order valence-electron chi connectivity index (χ1n) is 11.3. The highest BCUT2D eigenvalue weighted by Crippen LogP contribution is 2.39. The fraction of sp³-hybridized carbons (Fsp3) is 0.222. The minimum atomic E-state index is -1.30. The molecule has 1 unspecified atom stereocenters. The van der Waals surface area contributed by atoms with Crippen molar-refractivity contribution in [3.63, 3.8) is 0 Å². The lowest BCUT2D eigenvalue weighted by Gasteiger charge is -2.16. The van der Waals surface area contributed by atoms with E-state index in [1.54, 1.807) is 30.3 Å². The number of ether oxygens (including phenoxy) is 5. The second-order valence-electron chi connectivity index (χ2n) is 8.04. The summed E-state index contributed by atoms with van der Waals surface area (Å²) < 4.78 is 26.8. The van der Waals surface area contributed by atoms with Crippen LogP contribution in [0.25, 0.3) is 10.9 Å². The van der Waals surface area contributed by atoms with Gasteiger partial charge in [-0.25, -0.2) is 4.79 Å². The van der Waals surface area contributed by atoms with Crippen LogP contribution in [0.4, 0.5) is 0 Å². The smallest absolute Gasteiger partial charge is 0.338 e. The van der Waals surface area contributed by atoms with Gasteiger partial charge in [-0.1, -0.05) is 17.7 Å². The van der Waals surface area contributed by atoms with E-state index >= 15 is 0 Å². The van der Waals surface area contributed by atoms with Crippen molar-refractivity contribution in [2.75, 3.05) is 35.0 Å². The molecule has 0 radical (unpaired) electrons. The highest BCUT2D eigenvalue weighted by molar-refractivity contribution is 6.30. The van der Waals surface area contributed by atoms with Gasteiger partial charge in [0.05, 0.1) is 39.6 Å². The fourth-order valence-corrected chi connectivity index (χ4v) is 4.24. The molecule has 0 saturated heterocycles. The summed E-state index contributed by atoms with van der Waals surface area (Å²) >= 11 is 5.94. The number of aromatic nitrogens is 2. The summed E-state index contributed by atoms with van der Waals surface area (Å²) in [6.07, 6.45) is -1.30. The summed E-state index contributed by atoms with van der Waals surface area (Å²) in [6.45, 7) is -0.385. The Labute approximate surface area is 223 Å². The Morgan fingerprint density at radius 2 is 1.61 bits per heavy atom. The van der Waals surface area contributed by atoms with E-state index in [0.717, 1.165) is 0 Å². The van der Waals surface area contributed by atoms with Crippen LogP contribution in [0.5, 0.6) is 23.0 Å². The molecule has 0 bridgehead atoms. The highest BCUT2D eigenvalue weighted by Gasteiger charge is 2.26. The monoisotopic (exact) mass is 540 g/mol. The number of ketones is 1. The van der Waals surface area contributed by atoms with Crippen molar-refractivity contribution in [3.05, 3.63) is 75.9 Å². The molecule has 0 aliphatic rings. The van der Waals surface area contributed by atoms with E-state index in [4.69, 9.17) is 35.3 Å². The van der Waals surface area contributed by atoms with Crippen molar-refractivity contribution < 1.29 is 38.4 Å². The van der Waals surface area contributed by atoms with E-state index in [0.29, 0.717) is 33.4 Å². The van der Waals surface area contributed by atoms with E-state index in [1.165, 1.54) is 46.6 Å². The zero-order chi connectivity index (χ0) is 27.4. The zero-order valence-electron chi connectivity index (χ0n) is 21.0. The lowest BCUT2D eigenvalue weighted by molar-refractivity contribution is 0.0251. The number of fused-ring (bicyclic) bond motifs is 1. The zero-order valence-corrected chi connectivity index (χ0v) is 21.8. The molecule has 0 aliphatic heterocycles. The standard InChI is InChI=1S/C27H25ClN2O8/c1-34-19-9-8-17-23(22(19)18(31)13-38-27(33)14-6-5-7-16(28)10-14)29-30-24(17)25(32)15-11-20(35-2)26(37-4)21(12-15)36-3/h5-12,18,31H,13H2,1-4H3,(H,29,30). The van der Waals surface area contributed by atoms with Gasteiger partial charge >= 0.3 is 5.97 Å². The first-order chi connectivity index (χ1) is 18.3. The molecule has 38 heavy (non-hydrogen) atoms. The van der Waals surface area contributed by atoms with Crippen molar-refractivity contribution in [1.29, 1.82) is 0 Å². The van der Waals surface area contributed by atoms with Gasteiger partial charge < -0.3 is 28.8 Å². The quantitative estimate of drug-likeness (QED) is 0.222. The van der Waals surface area contributed by atoms with Crippen LogP contribution >= 0.6 is 11.6 Å². The van der Waals surface area contributed by atoms with Gasteiger partial charge in [0, 0.05) is 16.0 Å². The van der Waals surface area contributed by atoms with E-state index in [-0.39, 0.29) is 34.5 Å². The summed E-state index contributed by atoms with van der Waals surface area (Å²) in [5.74, 6) is 0.241. The Balaban J connectivity index is 1.67. The molecule has 3 aromatic carbocycles. The van der Waals surface area contributed by atoms with Crippen molar-refractivity contribution in [2.24, 2.45) is 0 Å². The van der Waals surface area contributed by atoms with Crippen LogP contribution in [-0.2, 0) is 4.74 Å². The number of nitrogens with one attached hydrogen (secondary N) is 1. The minimum Gasteiger partial charge on any atom is -0.496 e. The molecular formula is C27H25ClN2O8. The molecule has 4 aromatic rings. The number of H-pyrrole nitrogens is 1. The molecule has 0 fully saturated rings. The Hall–Kier alpha value is -4.28. The number of hydrogen-bond donors (Lipinski definition) is 2. The van der Waals surface area contributed by atoms with Crippen molar-refractivity contribution in [2.45, 2.75) is 6.10 Å². The number of methoxy groups -OCH3 is 4. The molecule has 0 spiro atoms. The Morgan fingerprint density at radius 1 is 0.921 bits per heavy atom. The van der Waals surface area contributed by atoms with Crippen molar-refractivity contribution >= 4 is 34.3 Å². The molecule has 1 heterocycles. The van der Waals surface area contributed by atoms with Crippen LogP contribution in [0.15, 0.2) is 48.5 Å². The lowest BCUT2D eigenvalue weighted by atomic mass is 10.00. The number of esters is 1. The third kappa shape index (κ3) is 5.09. The normalized spacial score (nSPS) is 11.6.